The highest BCUT2D eigenvalue weighted by atomic mass is 35.5. The van der Waals surface area contributed by atoms with Gasteiger partial charge in [0.1, 0.15) is 5.82 Å². The predicted molar refractivity (Wildman–Crippen MR) is 113 cm³/mol. The third-order valence-electron chi connectivity index (χ3n) is 4.40. The number of carbonyl (C=O) groups is 1. The van der Waals surface area contributed by atoms with Gasteiger partial charge in [-0.15, -0.1) is 0 Å². The minimum Gasteiger partial charge on any atom is -0.454 e. The topological polar surface area (TPSA) is 140 Å². The number of hydrogen-bond acceptors (Lipinski definition) is 8. The molecular weight excluding hydrogens is 448 g/mol. The van der Waals surface area contributed by atoms with Gasteiger partial charge in [-0.05, 0) is 35.9 Å². The largest absolute Gasteiger partial charge is 0.454 e. The van der Waals surface area contributed by atoms with E-state index in [4.69, 9.17) is 25.6 Å². The smallest absolute Gasteiger partial charge is 0.289 e. The summed E-state index contributed by atoms with van der Waals surface area (Å²) in [4.78, 5) is 20.9. The van der Waals surface area contributed by atoms with Crippen LogP contribution >= 0.6 is 11.6 Å². The van der Waals surface area contributed by atoms with Gasteiger partial charge in [-0.25, -0.2) is 9.97 Å². The van der Waals surface area contributed by atoms with E-state index in [1.807, 2.05) is 18.2 Å². The van der Waals surface area contributed by atoms with Crippen molar-refractivity contribution in [3.8, 4) is 11.5 Å². The van der Waals surface area contributed by atoms with Crippen LogP contribution in [0.2, 0.25) is 5.02 Å². The van der Waals surface area contributed by atoms with Gasteiger partial charge in [-0.1, -0.05) is 17.7 Å². The van der Waals surface area contributed by atoms with Crippen molar-refractivity contribution < 1.29 is 27.2 Å². The number of ether oxygens (including phenoxy) is 2. The normalized spacial score (nSPS) is 12.7. The molecule has 0 saturated carbocycles. The molecule has 1 aliphatic rings. The maximum absolute atomic E-state index is 12.4. The molecule has 3 N–H and O–H groups in total. The van der Waals surface area contributed by atoms with Crippen molar-refractivity contribution in [3.05, 3.63) is 52.8 Å². The molecule has 3 aromatic rings. The Labute approximate surface area is 182 Å². The first-order chi connectivity index (χ1) is 14.8. The van der Waals surface area contributed by atoms with Crippen molar-refractivity contribution in [2.45, 2.75) is 6.54 Å². The Bertz CT molecular complexity index is 1270. The molecule has 0 fully saturated rings. The van der Waals surface area contributed by atoms with Crippen LogP contribution in [0, 0.1) is 0 Å². The van der Waals surface area contributed by atoms with E-state index < -0.39 is 21.8 Å². The Balaban J connectivity index is 1.58. The van der Waals surface area contributed by atoms with Gasteiger partial charge in [-0.2, -0.15) is 8.42 Å². The monoisotopic (exact) mass is 464 g/mol. The zero-order chi connectivity index (χ0) is 22.0. The number of aromatic nitrogens is 2. The third kappa shape index (κ3) is 5.13. The zero-order valence-corrected chi connectivity index (χ0v) is 17.5. The molecule has 10 nitrogen and oxygen atoms in total. The number of rotatable bonds is 7. The van der Waals surface area contributed by atoms with E-state index in [2.05, 4.69) is 20.6 Å². The SMILES string of the molecule is O=C(NCCS(=O)(=O)O)c1nc(NCc2ccc3c(c2)OCO3)c2cc(Cl)ccc2n1. The molecule has 12 heteroatoms. The lowest BCUT2D eigenvalue weighted by molar-refractivity contribution is 0.0946. The fraction of sp³-hybridized carbons (Fsp3) is 0.211. The van der Waals surface area contributed by atoms with E-state index >= 15 is 0 Å². The highest BCUT2D eigenvalue weighted by Crippen LogP contribution is 2.33. The lowest BCUT2D eigenvalue weighted by Gasteiger charge is -2.12. The van der Waals surface area contributed by atoms with Crippen LogP contribution < -0.4 is 20.1 Å². The molecule has 162 valence electrons. The molecule has 0 saturated heterocycles. The van der Waals surface area contributed by atoms with Gasteiger partial charge in [0.15, 0.2) is 11.5 Å². The molecule has 1 aromatic heterocycles. The van der Waals surface area contributed by atoms with Crippen LogP contribution in [0.5, 0.6) is 11.5 Å². The predicted octanol–water partition coefficient (Wildman–Crippen LogP) is 2.24. The first-order valence-corrected chi connectivity index (χ1v) is 11.1. The first kappa shape index (κ1) is 21.1. The Hall–Kier alpha value is -3.15. The molecule has 2 heterocycles. The molecule has 1 aliphatic heterocycles. The van der Waals surface area contributed by atoms with Crippen molar-refractivity contribution in [1.29, 1.82) is 0 Å². The average Bonchev–Trinajstić information content (AvgIpc) is 3.18. The number of fused-ring (bicyclic) bond motifs is 2. The second kappa shape index (κ2) is 8.53. The third-order valence-corrected chi connectivity index (χ3v) is 5.36. The maximum atomic E-state index is 12.4. The number of anilines is 1. The molecule has 4 rings (SSSR count). The number of carbonyl (C=O) groups excluding carboxylic acids is 1. The Morgan fingerprint density at radius 1 is 1.13 bits per heavy atom. The van der Waals surface area contributed by atoms with E-state index in [0.29, 0.717) is 39.8 Å². The Morgan fingerprint density at radius 3 is 2.74 bits per heavy atom. The van der Waals surface area contributed by atoms with Gasteiger partial charge in [0.25, 0.3) is 16.0 Å². The van der Waals surface area contributed by atoms with Gasteiger partial charge in [-0.3, -0.25) is 9.35 Å². The summed E-state index contributed by atoms with van der Waals surface area (Å²) in [5, 5.41) is 6.64. The summed E-state index contributed by atoms with van der Waals surface area (Å²) in [6.45, 7) is 0.274. The summed E-state index contributed by atoms with van der Waals surface area (Å²) in [7, 11) is -4.19. The van der Waals surface area contributed by atoms with Gasteiger partial charge in [0.2, 0.25) is 12.6 Å². The van der Waals surface area contributed by atoms with Crippen molar-refractivity contribution >= 4 is 44.3 Å². The van der Waals surface area contributed by atoms with Crippen molar-refractivity contribution in [3.63, 3.8) is 0 Å². The Morgan fingerprint density at radius 2 is 1.94 bits per heavy atom. The summed E-state index contributed by atoms with van der Waals surface area (Å²) in [5.41, 5.74) is 1.38. The second-order valence-electron chi connectivity index (χ2n) is 6.64. The van der Waals surface area contributed by atoms with E-state index in [1.54, 1.807) is 18.2 Å². The van der Waals surface area contributed by atoms with Crippen molar-refractivity contribution in [1.82, 2.24) is 15.3 Å². The summed E-state index contributed by atoms with van der Waals surface area (Å²) < 4.78 is 41.2. The molecule has 0 aliphatic carbocycles. The second-order valence-corrected chi connectivity index (χ2v) is 8.65. The summed E-state index contributed by atoms with van der Waals surface area (Å²) >= 11 is 6.11. The van der Waals surface area contributed by atoms with Crippen LogP contribution in [0.1, 0.15) is 16.2 Å². The highest BCUT2D eigenvalue weighted by molar-refractivity contribution is 7.85. The summed E-state index contributed by atoms with van der Waals surface area (Å²) in [6, 6.07) is 10.5. The standard InChI is InChI=1S/C19H17ClN4O6S/c20-12-2-3-14-13(8-12)17(22-9-11-1-4-15-16(7-11)30-10-29-15)24-18(23-14)19(25)21-5-6-31(26,27)28/h1-4,7-8H,5-6,9-10H2,(H,21,25)(H,22,23,24)(H,26,27,28). The molecule has 0 bridgehead atoms. The van der Waals surface area contributed by atoms with Crippen molar-refractivity contribution in [2.24, 2.45) is 0 Å². The van der Waals surface area contributed by atoms with Gasteiger partial charge in [0.05, 0.1) is 11.3 Å². The average molecular weight is 465 g/mol. The van der Waals surface area contributed by atoms with Crippen molar-refractivity contribution in [2.75, 3.05) is 24.4 Å². The molecule has 1 amide bonds. The summed E-state index contributed by atoms with van der Waals surface area (Å²) in [5.74, 6) is 0.257. The minimum atomic E-state index is -4.19. The van der Waals surface area contributed by atoms with Crippen LogP contribution in [0.4, 0.5) is 5.82 Å². The van der Waals surface area contributed by atoms with Crippen LogP contribution in [0.3, 0.4) is 0 Å². The van der Waals surface area contributed by atoms with Crippen LogP contribution in [0.25, 0.3) is 10.9 Å². The number of amides is 1. The quantitative estimate of drug-likeness (QED) is 0.449. The molecule has 31 heavy (non-hydrogen) atoms. The lowest BCUT2D eigenvalue weighted by Crippen LogP contribution is -2.30. The lowest BCUT2D eigenvalue weighted by atomic mass is 10.2. The number of halogens is 1. The highest BCUT2D eigenvalue weighted by Gasteiger charge is 2.17. The maximum Gasteiger partial charge on any atom is 0.289 e. The fourth-order valence-corrected chi connectivity index (χ4v) is 3.48. The fourth-order valence-electron chi connectivity index (χ4n) is 2.95. The minimum absolute atomic E-state index is 0.154. The number of benzene rings is 2. The zero-order valence-electron chi connectivity index (χ0n) is 16.0. The van der Waals surface area contributed by atoms with Crippen LogP contribution in [-0.2, 0) is 16.7 Å². The molecule has 0 radical (unpaired) electrons. The van der Waals surface area contributed by atoms with Gasteiger partial charge in [0, 0.05) is 23.5 Å². The van der Waals surface area contributed by atoms with Crippen LogP contribution in [0.15, 0.2) is 36.4 Å². The van der Waals surface area contributed by atoms with E-state index in [-0.39, 0.29) is 19.2 Å². The number of nitrogens with zero attached hydrogens (tertiary/aromatic N) is 2. The van der Waals surface area contributed by atoms with Gasteiger partial charge >= 0.3 is 0 Å². The van der Waals surface area contributed by atoms with Gasteiger partial charge < -0.3 is 20.1 Å². The Kier molecular flexibility index (Phi) is 5.81. The van der Waals surface area contributed by atoms with E-state index in [1.165, 1.54) is 0 Å². The summed E-state index contributed by atoms with van der Waals surface area (Å²) in [6.07, 6.45) is 0. The molecule has 0 atom stereocenters. The van der Waals surface area contributed by atoms with Crippen LogP contribution in [-0.4, -0.2) is 47.9 Å². The number of nitrogens with one attached hydrogen (secondary N) is 2. The first-order valence-electron chi connectivity index (χ1n) is 9.11. The van der Waals surface area contributed by atoms with E-state index in [9.17, 15) is 13.2 Å². The molecular formula is C19H17ClN4O6S. The molecule has 0 unspecified atom stereocenters. The van der Waals surface area contributed by atoms with E-state index in [0.717, 1.165) is 5.56 Å². The number of hydrogen-bond donors (Lipinski definition) is 3. The molecule has 0 spiro atoms. The molecule has 2 aromatic carbocycles.